The first kappa shape index (κ1) is 55.5. The molecule has 18 heteroatoms. The van der Waals surface area contributed by atoms with Gasteiger partial charge in [-0.25, -0.2) is 35.1 Å². The van der Waals surface area contributed by atoms with Gasteiger partial charge >= 0.3 is 0 Å². The zero-order chi connectivity index (χ0) is 54.4. The van der Waals surface area contributed by atoms with Gasteiger partial charge in [-0.1, -0.05) is 26.7 Å². The molecule has 0 bridgehead atoms. The molecule has 6 heterocycles. The molecular weight excluding hydrogens is 993 g/mol. The number of alkyl halides is 2. The summed E-state index contributed by atoms with van der Waals surface area (Å²) in [5.41, 5.74) is 0.241. The SMILES string of the molecule is CCCCN1CC(Nc2cc(F)c(C3c4[nH]c5ccc(F)cc5c4C[C@H](C)N3C[C@@](C)(F)CO)c(F)c2)C1.CCCCN1CC(Nc2cc(F)c([C@@H]3c4[nH]c5ccc(F)cc5c4C[C@@H](C)N3C[C@](C)(F)CO)c(F)c2)C1. The number of hydrogen-bond acceptors (Lipinski definition) is 8. The van der Waals surface area contributed by atoms with Crippen molar-refractivity contribution in [2.75, 3.05) is 76.2 Å². The fraction of sp³-hybridized carbons (Fsp3) is 0.517. The number of hydrogen-bond donors (Lipinski definition) is 6. The summed E-state index contributed by atoms with van der Waals surface area (Å²) in [7, 11) is 0. The van der Waals surface area contributed by atoms with E-state index in [0.717, 1.165) is 76.1 Å². The molecule has 6 atom stereocenters. The fourth-order valence-corrected chi connectivity index (χ4v) is 11.8. The first-order valence-corrected chi connectivity index (χ1v) is 26.9. The van der Waals surface area contributed by atoms with Crippen LogP contribution in [0.5, 0.6) is 0 Å². The van der Waals surface area contributed by atoms with Crippen molar-refractivity contribution in [2.24, 2.45) is 0 Å². The van der Waals surface area contributed by atoms with Crippen LogP contribution in [0.15, 0.2) is 60.7 Å². The third-order valence-corrected chi connectivity index (χ3v) is 15.8. The molecule has 2 fully saturated rings. The molecule has 10 rings (SSSR count). The standard InChI is InChI=1S/2C29H36F4N4O/c2*1-4-5-8-36-13-20(14-36)34-19-11-23(31)26(24(32)12-19)28-27-22(21-10-18(30)6-7-25(21)35-27)9-17(2)37(28)15-29(3,33)16-38/h2*6-7,10-12,17,20,28,34-35,38H,4-5,8-9,13-16H2,1-3H3/t17-,28?,29+;17-,28-,29+/m01/s1. The molecule has 0 aliphatic carbocycles. The van der Waals surface area contributed by atoms with E-state index in [1.807, 2.05) is 13.8 Å². The van der Waals surface area contributed by atoms with Gasteiger partial charge < -0.3 is 30.8 Å². The number of aliphatic hydroxyl groups excluding tert-OH is 2. The van der Waals surface area contributed by atoms with Crippen molar-refractivity contribution in [1.82, 2.24) is 29.6 Å². The molecule has 2 saturated heterocycles. The van der Waals surface area contributed by atoms with E-state index in [-0.39, 0.29) is 48.4 Å². The van der Waals surface area contributed by atoms with Crippen molar-refractivity contribution >= 4 is 33.2 Å². The monoisotopic (exact) mass is 1060 g/mol. The Hall–Kier alpha value is -5.24. The third kappa shape index (κ3) is 11.6. The molecule has 6 N–H and O–H groups in total. The largest absolute Gasteiger partial charge is 0.393 e. The van der Waals surface area contributed by atoms with E-state index in [2.05, 4.69) is 44.2 Å². The Kier molecular flexibility index (Phi) is 16.5. The average molecular weight is 1070 g/mol. The van der Waals surface area contributed by atoms with Gasteiger partial charge in [0.2, 0.25) is 0 Å². The lowest BCUT2D eigenvalue weighted by atomic mass is 9.87. The van der Waals surface area contributed by atoms with Crippen LogP contribution in [-0.2, 0) is 12.8 Å². The zero-order valence-electron chi connectivity index (χ0n) is 44.3. The topological polar surface area (TPSA) is 109 Å². The summed E-state index contributed by atoms with van der Waals surface area (Å²) >= 11 is 0. The van der Waals surface area contributed by atoms with Gasteiger partial charge in [-0.05, 0) is 138 Å². The average Bonchev–Trinajstić information content (AvgIpc) is 3.94. The third-order valence-electron chi connectivity index (χ3n) is 15.8. The van der Waals surface area contributed by atoms with Crippen molar-refractivity contribution in [3.05, 3.63) is 129 Å². The first-order chi connectivity index (χ1) is 36.2. The summed E-state index contributed by atoms with van der Waals surface area (Å²) in [6.07, 6.45) is 5.37. The Bertz CT molecular complexity index is 2760. The summed E-state index contributed by atoms with van der Waals surface area (Å²) in [6, 6.07) is 11.5. The number of aliphatic hydroxyl groups is 2. The quantitative estimate of drug-likeness (QED) is 0.0473. The van der Waals surface area contributed by atoms with Crippen molar-refractivity contribution in [3.63, 3.8) is 0 Å². The molecule has 1 unspecified atom stereocenters. The van der Waals surface area contributed by atoms with Crippen LogP contribution < -0.4 is 10.6 Å². The number of likely N-dealkylation sites (tertiary alicyclic amines) is 2. The lowest BCUT2D eigenvalue weighted by molar-refractivity contribution is 0.0162. The maximum absolute atomic E-state index is 15.8. The Balaban J connectivity index is 0.000000186. The van der Waals surface area contributed by atoms with Gasteiger partial charge in [0.15, 0.2) is 0 Å². The van der Waals surface area contributed by atoms with Crippen LogP contribution in [0.1, 0.15) is 113 Å². The van der Waals surface area contributed by atoms with Gasteiger partial charge in [-0.15, -0.1) is 0 Å². The van der Waals surface area contributed by atoms with Gasteiger partial charge in [-0.2, -0.15) is 0 Å². The summed E-state index contributed by atoms with van der Waals surface area (Å²) in [5, 5.41) is 27.0. The van der Waals surface area contributed by atoms with Crippen LogP contribution in [-0.4, -0.2) is 141 Å². The number of fused-ring (bicyclic) bond motifs is 6. The summed E-state index contributed by atoms with van der Waals surface area (Å²) in [5.74, 6) is -3.75. The molecule has 10 nitrogen and oxygen atoms in total. The van der Waals surface area contributed by atoms with Crippen molar-refractivity contribution in [3.8, 4) is 0 Å². The lowest BCUT2D eigenvalue weighted by Crippen LogP contribution is -2.54. The van der Waals surface area contributed by atoms with E-state index in [4.69, 9.17) is 0 Å². The number of anilines is 2. The molecule has 412 valence electrons. The smallest absolute Gasteiger partial charge is 0.143 e. The molecule has 0 amide bonds. The second kappa shape index (κ2) is 22.6. The van der Waals surface area contributed by atoms with Crippen molar-refractivity contribution in [2.45, 2.75) is 128 Å². The molecule has 0 saturated carbocycles. The van der Waals surface area contributed by atoms with Gasteiger partial charge in [0.25, 0.3) is 0 Å². The number of rotatable bonds is 18. The van der Waals surface area contributed by atoms with Crippen LogP contribution in [0, 0.1) is 34.9 Å². The van der Waals surface area contributed by atoms with Crippen molar-refractivity contribution in [1.29, 1.82) is 0 Å². The molecule has 2 aromatic heterocycles. The van der Waals surface area contributed by atoms with E-state index in [0.29, 0.717) is 57.4 Å². The van der Waals surface area contributed by atoms with Crippen LogP contribution in [0.4, 0.5) is 46.5 Å². The van der Waals surface area contributed by atoms with Gasteiger partial charge in [0.1, 0.15) is 46.2 Å². The molecule has 4 aliphatic heterocycles. The number of H-pyrrole nitrogens is 2. The number of aromatic amines is 2. The number of halogens is 8. The molecular formula is C58H72F8N8O2. The highest BCUT2D eigenvalue weighted by molar-refractivity contribution is 5.86. The molecule has 0 spiro atoms. The summed E-state index contributed by atoms with van der Waals surface area (Å²) in [4.78, 5) is 14.5. The summed E-state index contributed by atoms with van der Waals surface area (Å²) < 4.78 is 122. The molecule has 0 radical (unpaired) electrons. The van der Waals surface area contributed by atoms with Crippen LogP contribution in [0.2, 0.25) is 0 Å². The predicted molar refractivity (Wildman–Crippen MR) is 283 cm³/mol. The highest BCUT2D eigenvalue weighted by Crippen LogP contribution is 2.46. The molecule has 76 heavy (non-hydrogen) atoms. The highest BCUT2D eigenvalue weighted by Gasteiger charge is 2.44. The van der Waals surface area contributed by atoms with Crippen LogP contribution in [0.25, 0.3) is 21.8 Å². The van der Waals surface area contributed by atoms with Gasteiger partial charge in [-0.3, -0.25) is 19.6 Å². The predicted octanol–water partition coefficient (Wildman–Crippen LogP) is 11.1. The fourth-order valence-electron chi connectivity index (χ4n) is 11.8. The lowest BCUT2D eigenvalue weighted by Gasteiger charge is -2.43. The second-order valence-electron chi connectivity index (χ2n) is 22.4. The normalized spacial score (nSPS) is 22.3. The van der Waals surface area contributed by atoms with E-state index < -0.39 is 71.5 Å². The van der Waals surface area contributed by atoms with Gasteiger partial charge in [0, 0.05) is 107 Å². The van der Waals surface area contributed by atoms with E-state index >= 15 is 26.3 Å². The van der Waals surface area contributed by atoms with Crippen LogP contribution in [0.3, 0.4) is 0 Å². The Labute approximate surface area is 439 Å². The van der Waals surface area contributed by atoms with Crippen molar-refractivity contribution < 1.29 is 45.3 Å². The molecule has 6 aromatic rings. The van der Waals surface area contributed by atoms with E-state index in [9.17, 15) is 19.0 Å². The Morgan fingerprint density at radius 1 is 0.566 bits per heavy atom. The maximum atomic E-state index is 15.8. The van der Waals surface area contributed by atoms with Gasteiger partial charge in [0.05, 0.1) is 37.4 Å². The Morgan fingerprint density at radius 2 is 0.921 bits per heavy atom. The van der Waals surface area contributed by atoms with E-state index in [1.54, 1.807) is 21.9 Å². The minimum Gasteiger partial charge on any atom is -0.393 e. The number of nitrogens with zero attached hydrogens (tertiary/aromatic N) is 4. The zero-order valence-corrected chi connectivity index (χ0v) is 44.3. The summed E-state index contributed by atoms with van der Waals surface area (Å²) in [6.45, 7) is 14.0. The molecule has 4 aliphatic rings. The highest BCUT2D eigenvalue weighted by atomic mass is 19.2. The first-order valence-electron chi connectivity index (χ1n) is 26.9. The number of aromatic nitrogens is 2. The number of benzene rings is 4. The van der Waals surface area contributed by atoms with Crippen LogP contribution >= 0.6 is 0 Å². The molecule has 4 aromatic carbocycles. The maximum Gasteiger partial charge on any atom is 0.143 e. The minimum absolute atomic E-state index is 0.120. The van der Waals surface area contributed by atoms with E-state index in [1.165, 1.54) is 62.4 Å². The Morgan fingerprint density at radius 3 is 1.25 bits per heavy atom. The number of nitrogens with one attached hydrogen (secondary N) is 4. The second-order valence-corrected chi connectivity index (χ2v) is 22.4. The number of unbranched alkanes of at least 4 members (excludes halogenated alkanes) is 2. The minimum atomic E-state index is -1.98.